The van der Waals surface area contributed by atoms with Gasteiger partial charge in [-0.05, 0) is 31.0 Å². The highest BCUT2D eigenvalue weighted by Crippen LogP contribution is 2.48. The third-order valence-corrected chi connectivity index (χ3v) is 3.21. The summed E-state index contributed by atoms with van der Waals surface area (Å²) in [5, 5.41) is 13.2. The Morgan fingerprint density at radius 1 is 1.62 bits per heavy atom. The summed E-state index contributed by atoms with van der Waals surface area (Å²) in [7, 11) is 0. The summed E-state index contributed by atoms with van der Waals surface area (Å²) in [6.07, 6.45) is 4.44. The van der Waals surface area contributed by atoms with Gasteiger partial charge >= 0.3 is 5.97 Å². The van der Waals surface area contributed by atoms with Crippen LogP contribution < -0.4 is 0 Å². The number of carbonyl (C=O) groups is 1. The molecule has 4 nitrogen and oxygen atoms in total. The van der Waals surface area contributed by atoms with Crippen LogP contribution in [0.1, 0.15) is 23.5 Å². The topological polar surface area (TPSA) is 54.6 Å². The predicted octanol–water partition coefficient (Wildman–Crippen LogP) is 1.83. The van der Waals surface area contributed by atoms with Crippen LogP contribution in [0.2, 0.25) is 0 Å². The van der Waals surface area contributed by atoms with Crippen molar-refractivity contribution in [3.63, 3.8) is 0 Å². The monoisotopic (exact) mass is 216 g/mol. The van der Waals surface area contributed by atoms with Gasteiger partial charge in [0.25, 0.3) is 0 Å². The first kappa shape index (κ1) is 9.39. The van der Waals surface area contributed by atoms with E-state index >= 15 is 0 Å². The Bertz CT molecular complexity index is 573. The number of hydrogen-bond acceptors (Lipinski definition) is 2. The Hall–Kier alpha value is -1.84. The minimum atomic E-state index is -0.697. The van der Waals surface area contributed by atoms with Crippen molar-refractivity contribution in [3.05, 3.63) is 35.7 Å². The number of hydrogen-bond donors (Lipinski definition) is 1. The minimum absolute atomic E-state index is 0.150. The van der Waals surface area contributed by atoms with Crippen molar-refractivity contribution < 1.29 is 9.90 Å². The zero-order valence-electron chi connectivity index (χ0n) is 8.92. The van der Waals surface area contributed by atoms with Crippen LogP contribution in [0.25, 0.3) is 5.52 Å². The van der Waals surface area contributed by atoms with Gasteiger partial charge < -0.3 is 5.11 Å². The minimum Gasteiger partial charge on any atom is -0.481 e. The number of carboxylic acid groups (broad SMARTS) is 1. The van der Waals surface area contributed by atoms with Crippen LogP contribution in [0.5, 0.6) is 0 Å². The Morgan fingerprint density at radius 2 is 2.44 bits per heavy atom. The lowest BCUT2D eigenvalue weighted by Gasteiger charge is -1.98. The number of aryl methyl sites for hydroxylation is 1. The van der Waals surface area contributed by atoms with Crippen molar-refractivity contribution in [2.24, 2.45) is 5.92 Å². The second kappa shape index (κ2) is 3.07. The fourth-order valence-electron chi connectivity index (χ4n) is 2.20. The molecule has 1 aliphatic carbocycles. The Morgan fingerprint density at radius 3 is 3.12 bits per heavy atom. The van der Waals surface area contributed by atoms with Crippen LogP contribution in [0, 0.1) is 12.8 Å². The lowest BCUT2D eigenvalue weighted by molar-refractivity contribution is -0.138. The molecule has 1 aliphatic rings. The number of nitrogens with zero attached hydrogens (tertiary/aromatic N) is 2. The van der Waals surface area contributed by atoms with Gasteiger partial charge in [0.2, 0.25) is 0 Å². The molecule has 1 fully saturated rings. The van der Waals surface area contributed by atoms with Crippen molar-refractivity contribution in [1.29, 1.82) is 0 Å². The highest BCUT2D eigenvalue weighted by molar-refractivity contribution is 5.76. The van der Waals surface area contributed by atoms with E-state index in [1.54, 1.807) is 10.7 Å². The lowest BCUT2D eigenvalue weighted by atomic mass is 10.1. The van der Waals surface area contributed by atoms with Crippen LogP contribution in [-0.4, -0.2) is 20.7 Å². The van der Waals surface area contributed by atoms with Crippen molar-refractivity contribution >= 4 is 11.5 Å². The van der Waals surface area contributed by atoms with Crippen molar-refractivity contribution in [1.82, 2.24) is 9.61 Å². The average Bonchev–Trinajstić information content (AvgIpc) is 2.93. The van der Waals surface area contributed by atoms with Gasteiger partial charge in [-0.15, -0.1) is 0 Å². The molecule has 0 amide bonds. The molecular weight excluding hydrogens is 204 g/mol. The summed E-state index contributed by atoms with van der Waals surface area (Å²) in [4.78, 5) is 10.8. The molecule has 0 spiro atoms. The average molecular weight is 216 g/mol. The van der Waals surface area contributed by atoms with E-state index in [2.05, 4.69) is 11.2 Å². The fourth-order valence-corrected chi connectivity index (χ4v) is 2.20. The third-order valence-electron chi connectivity index (χ3n) is 3.21. The number of pyridine rings is 1. The zero-order valence-corrected chi connectivity index (χ0v) is 8.92. The molecule has 0 radical (unpaired) electrons. The van der Waals surface area contributed by atoms with E-state index < -0.39 is 5.97 Å². The number of rotatable bonds is 2. The number of carboxylic acids is 1. The molecule has 4 heteroatoms. The van der Waals surface area contributed by atoms with E-state index in [-0.39, 0.29) is 11.8 Å². The smallest absolute Gasteiger partial charge is 0.307 e. The molecule has 0 bridgehead atoms. The molecule has 0 saturated heterocycles. The summed E-state index contributed by atoms with van der Waals surface area (Å²) in [6, 6.07) is 4.05. The Balaban J connectivity index is 2.05. The fraction of sp³-hybridized carbons (Fsp3) is 0.333. The molecule has 0 aromatic carbocycles. The zero-order chi connectivity index (χ0) is 11.3. The van der Waals surface area contributed by atoms with Crippen LogP contribution in [0.3, 0.4) is 0 Å². The van der Waals surface area contributed by atoms with Gasteiger partial charge in [0, 0.05) is 17.7 Å². The van der Waals surface area contributed by atoms with Gasteiger partial charge in [-0.3, -0.25) is 4.79 Å². The van der Waals surface area contributed by atoms with Gasteiger partial charge in [0.15, 0.2) is 0 Å². The van der Waals surface area contributed by atoms with Crippen molar-refractivity contribution in [3.8, 4) is 0 Å². The summed E-state index contributed by atoms with van der Waals surface area (Å²) < 4.78 is 1.81. The number of fused-ring (bicyclic) bond motifs is 1. The molecule has 0 unspecified atom stereocenters. The highest BCUT2D eigenvalue weighted by atomic mass is 16.4. The molecule has 2 atom stereocenters. The van der Waals surface area contributed by atoms with Crippen LogP contribution >= 0.6 is 0 Å². The Labute approximate surface area is 92.5 Å². The molecule has 1 N–H and O–H groups in total. The largest absolute Gasteiger partial charge is 0.481 e. The highest BCUT2D eigenvalue weighted by Gasteiger charge is 2.45. The molecule has 2 heterocycles. The van der Waals surface area contributed by atoms with E-state index in [1.807, 2.05) is 19.2 Å². The summed E-state index contributed by atoms with van der Waals surface area (Å²) >= 11 is 0. The first-order valence-corrected chi connectivity index (χ1v) is 5.33. The maximum absolute atomic E-state index is 10.8. The van der Waals surface area contributed by atoms with Gasteiger partial charge in [-0.2, -0.15) is 5.10 Å². The summed E-state index contributed by atoms with van der Waals surface area (Å²) in [5.74, 6) is -0.762. The number of aromatic nitrogens is 2. The second-order valence-corrected chi connectivity index (χ2v) is 4.42. The molecule has 16 heavy (non-hydrogen) atoms. The first-order chi connectivity index (χ1) is 7.66. The van der Waals surface area contributed by atoms with Crippen molar-refractivity contribution in [2.45, 2.75) is 19.3 Å². The number of aliphatic carboxylic acids is 1. The predicted molar refractivity (Wildman–Crippen MR) is 58.4 cm³/mol. The molecular formula is C12H12N2O2. The summed E-state index contributed by atoms with van der Waals surface area (Å²) in [6.45, 7) is 2.03. The van der Waals surface area contributed by atoms with Gasteiger partial charge in [0.1, 0.15) is 0 Å². The quantitative estimate of drug-likeness (QED) is 0.833. The maximum atomic E-state index is 10.8. The van der Waals surface area contributed by atoms with Gasteiger partial charge in [0.05, 0.1) is 17.6 Å². The second-order valence-electron chi connectivity index (χ2n) is 4.42. The standard InChI is InChI=1S/C12H12N2O2/c1-7-2-3-14-11(4-7)10(6-13-14)8-5-9(8)12(15)16/h2-4,6,8-9H,5H2,1H3,(H,15,16)/t8-,9-/m0/s1. The molecule has 2 aromatic heterocycles. The van der Waals surface area contributed by atoms with E-state index in [4.69, 9.17) is 5.11 Å². The first-order valence-electron chi connectivity index (χ1n) is 5.33. The van der Waals surface area contributed by atoms with Crippen LogP contribution in [-0.2, 0) is 4.79 Å². The molecule has 0 aliphatic heterocycles. The van der Waals surface area contributed by atoms with E-state index in [1.165, 1.54) is 5.56 Å². The normalized spacial score (nSPS) is 23.6. The van der Waals surface area contributed by atoms with Gasteiger partial charge in [-0.1, -0.05) is 0 Å². The molecule has 3 rings (SSSR count). The molecule has 2 aromatic rings. The van der Waals surface area contributed by atoms with Crippen LogP contribution in [0.15, 0.2) is 24.5 Å². The Kier molecular flexibility index (Phi) is 1.80. The third kappa shape index (κ3) is 1.30. The van der Waals surface area contributed by atoms with E-state index in [0.29, 0.717) is 0 Å². The van der Waals surface area contributed by atoms with E-state index in [0.717, 1.165) is 17.5 Å². The van der Waals surface area contributed by atoms with Crippen LogP contribution in [0.4, 0.5) is 0 Å². The van der Waals surface area contributed by atoms with Crippen molar-refractivity contribution in [2.75, 3.05) is 0 Å². The SMILES string of the molecule is Cc1ccn2ncc([C@H]3C[C@@H]3C(=O)O)c2c1. The molecule has 1 saturated carbocycles. The lowest BCUT2D eigenvalue weighted by Crippen LogP contribution is -1.98. The summed E-state index contributed by atoms with van der Waals surface area (Å²) in [5.41, 5.74) is 3.27. The molecule has 82 valence electrons. The van der Waals surface area contributed by atoms with E-state index in [9.17, 15) is 4.79 Å². The van der Waals surface area contributed by atoms with Gasteiger partial charge in [-0.25, -0.2) is 4.52 Å². The maximum Gasteiger partial charge on any atom is 0.307 e.